The number of rotatable bonds is 5. The molecule has 0 unspecified atom stereocenters. The van der Waals surface area contributed by atoms with Crippen LogP contribution in [-0.2, 0) is 4.79 Å². The fourth-order valence-electron chi connectivity index (χ4n) is 1.78. The summed E-state index contributed by atoms with van der Waals surface area (Å²) in [7, 11) is 1.55. The maximum atomic E-state index is 11.9. The van der Waals surface area contributed by atoms with Gasteiger partial charge in [0.2, 0.25) is 5.91 Å². The Labute approximate surface area is 122 Å². The lowest BCUT2D eigenvalue weighted by molar-refractivity contribution is -0.120. The van der Waals surface area contributed by atoms with E-state index in [9.17, 15) is 9.59 Å². The maximum absolute atomic E-state index is 11.9. The molecule has 0 atom stereocenters. The zero-order valence-electron chi connectivity index (χ0n) is 11.7. The Morgan fingerprint density at radius 2 is 2.05 bits per heavy atom. The molecule has 0 radical (unpaired) electrons. The minimum absolute atomic E-state index is 0.127. The minimum atomic E-state index is -0.327. The van der Waals surface area contributed by atoms with Gasteiger partial charge in [0, 0.05) is 26.2 Å². The molecule has 0 aliphatic rings. The van der Waals surface area contributed by atoms with Crippen molar-refractivity contribution in [1.82, 2.24) is 20.4 Å². The molecule has 7 heteroatoms. The second kappa shape index (κ2) is 6.56. The normalized spacial score (nSPS) is 10.1. The summed E-state index contributed by atoms with van der Waals surface area (Å²) in [6, 6.07) is 8.85. The third-order valence-corrected chi connectivity index (χ3v) is 2.92. The van der Waals surface area contributed by atoms with Gasteiger partial charge in [0.05, 0.1) is 11.4 Å². The molecule has 0 bridgehead atoms. The van der Waals surface area contributed by atoms with E-state index in [0.29, 0.717) is 11.4 Å². The van der Waals surface area contributed by atoms with Crippen LogP contribution in [0.25, 0.3) is 5.69 Å². The van der Waals surface area contributed by atoms with E-state index < -0.39 is 0 Å². The third-order valence-electron chi connectivity index (χ3n) is 2.92. The van der Waals surface area contributed by atoms with Crippen LogP contribution < -0.4 is 16.4 Å². The molecule has 2 aromatic rings. The molecule has 1 aromatic heterocycles. The van der Waals surface area contributed by atoms with Gasteiger partial charge in [-0.1, -0.05) is 12.1 Å². The molecule has 21 heavy (non-hydrogen) atoms. The summed E-state index contributed by atoms with van der Waals surface area (Å²) < 4.78 is 1.54. The predicted molar refractivity (Wildman–Crippen MR) is 79.0 cm³/mol. The number of carbonyl (C=O) groups is 2. The number of amides is 2. The van der Waals surface area contributed by atoms with Crippen molar-refractivity contribution in [2.45, 2.75) is 6.42 Å². The van der Waals surface area contributed by atoms with E-state index in [-0.39, 0.29) is 30.5 Å². The summed E-state index contributed by atoms with van der Waals surface area (Å²) in [5, 5.41) is 9.31. The van der Waals surface area contributed by atoms with Crippen molar-refractivity contribution in [3.63, 3.8) is 0 Å². The van der Waals surface area contributed by atoms with Crippen LogP contribution in [0.3, 0.4) is 0 Å². The third kappa shape index (κ3) is 3.59. The molecule has 0 saturated heterocycles. The zero-order valence-corrected chi connectivity index (χ0v) is 11.7. The first-order valence-corrected chi connectivity index (χ1v) is 6.51. The van der Waals surface area contributed by atoms with Crippen molar-refractivity contribution in [3.05, 3.63) is 42.2 Å². The summed E-state index contributed by atoms with van der Waals surface area (Å²) in [5.74, 6) is -0.454. The average molecular weight is 287 g/mol. The molecule has 7 nitrogen and oxygen atoms in total. The van der Waals surface area contributed by atoms with Gasteiger partial charge in [-0.2, -0.15) is 5.10 Å². The van der Waals surface area contributed by atoms with E-state index in [4.69, 9.17) is 5.73 Å². The Morgan fingerprint density at radius 1 is 1.29 bits per heavy atom. The van der Waals surface area contributed by atoms with Gasteiger partial charge in [-0.15, -0.1) is 0 Å². The maximum Gasteiger partial charge on any atom is 0.271 e. The highest BCUT2D eigenvalue weighted by Gasteiger charge is 2.11. The zero-order chi connectivity index (χ0) is 15.2. The summed E-state index contributed by atoms with van der Waals surface area (Å²) in [5.41, 5.74) is 7.42. The van der Waals surface area contributed by atoms with Crippen LogP contribution in [0.2, 0.25) is 0 Å². The van der Waals surface area contributed by atoms with Crippen molar-refractivity contribution in [2.24, 2.45) is 0 Å². The molecule has 0 aliphatic carbocycles. The molecule has 0 saturated carbocycles. The van der Waals surface area contributed by atoms with Crippen molar-refractivity contribution >= 4 is 17.5 Å². The van der Waals surface area contributed by atoms with Gasteiger partial charge < -0.3 is 16.4 Å². The number of nitrogen functional groups attached to an aromatic ring is 1. The van der Waals surface area contributed by atoms with Crippen molar-refractivity contribution < 1.29 is 9.59 Å². The van der Waals surface area contributed by atoms with Crippen LogP contribution in [0.5, 0.6) is 0 Å². The standard InChI is InChI=1S/C14H17N5O2/c1-16-13(20)6-8-17-14(21)11-7-9-19(18-11)12-5-3-2-4-10(12)15/h2-5,7,9H,6,8,15H2,1H3,(H,16,20)(H,17,21). The fraction of sp³-hybridized carbons (Fsp3) is 0.214. The molecular weight excluding hydrogens is 270 g/mol. The molecule has 1 aromatic carbocycles. The average Bonchev–Trinajstić information content (AvgIpc) is 2.97. The first-order chi connectivity index (χ1) is 10.1. The number of hydrogen-bond donors (Lipinski definition) is 3. The number of para-hydroxylation sites is 2. The highest BCUT2D eigenvalue weighted by molar-refractivity contribution is 5.92. The number of aromatic nitrogens is 2. The second-order valence-corrected chi connectivity index (χ2v) is 4.38. The molecule has 110 valence electrons. The first kappa shape index (κ1) is 14.6. The van der Waals surface area contributed by atoms with E-state index in [1.165, 1.54) is 0 Å². The molecule has 1 heterocycles. The van der Waals surface area contributed by atoms with Gasteiger partial charge in [0.1, 0.15) is 0 Å². The molecular formula is C14H17N5O2. The van der Waals surface area contributed by atoms with Crippen LogP contribution in [0, 0.1) is 0 Å². The molecule has 0 spiro atoms. The Morgan fingerprint density at radius 3 is 2.76 bits per heavy atom. The number of carbonyl (C=O) groups excluding carboxylic acids is 2. The Bertz CT molecular complexity index is 650. The lowest BCUT2D eigenvalue weighted by Gasteiger charge is -2.05. The molecule has 2 rings (SSSR count). The van der Waals surface area contributed by atoms with Gasteiger partial charge in [0.15, 0.2) is 5.69 Å². The van der Waals surface area contributed by atoms with Crippen LogP contribution >= 0.6 is 0 Å². The van der Waals surface area contributed by atoms with E-state index in [1.54, 1.807) is 30.1 Å². The molecule has 0 fully saturated rings. The number of benzene rings is 1. The molecule has 0 aliphatic heterocycles. The Hall–Kier alpha value is -2.83. The minimum Gasteiger partial charge on any atom is -0.397 e. The Kier molecular flexibility index (Phi) is 4.55. The van der Waals surface area contributed by atoms with Gasteiger partial charge in [-0.25, -0.2) is 4.68 Å². The molecule has 4 N–H and O–H groups in total. The number of nitrogens with one attached hydrogen (secondary N) is 2. The van der Waals surface area contributed by atoms with Crippen molar-refractivity contribution in [3.8, 4) is 5.69 Å². The monoisotopic (exact) mass is 287 g/mol. The molecule has 2 amide bonds. The van der Waals surface area contributed by atoms with Gasteiger partial charge in [-0.05, 0) is 18.2 Å². The van der Waals surface area contributed by atoms with Gasteiger partial charge >= 0.3 is 0 Å². The van der Waals surface area contributed by atoms with Crippen LogP contribution in [0.4, 0.5) is 5.69 Å². The highest BCUT2D eigenvalue weighted by atomic mass is 16.2. The topological polar surface area (TPSA) is 102 Å². The number of hydrogen-bond acceptors (Lipinski definition) is 4. The first-order valence-electron chi connectivity index (χ1n) is 6.51. The quantitative estimate of drug-likeness (QED) is 0.689. The summed E-state index contributed by atoms with van der Waals surface area (Å²) in [6.07, 6.45) is 1.90. The van der Waals surface area contributed by atoms with Crippen molar-refractivity contribution in [2.75, 3.05) is 19.3 Å². The second-order valence-electron chi connectivity index (χ2n) is 4.38. The summed E-state index contributed by atoms with van der Waals surface area (Å²) in [6.45, 7) is 0.263. The highest BCUT2D eigenvalue weighted by Crippen LogP contribution is 2.15. The van der Waals surface area contributed by atoms with E-state index in [1.807, 2.05) is 18.2 Å². The van der Waals surface area contributed by atoms with Crippen molar-refractivity contribution in [1.29, 1.82) is 0 Å². The summed E-state index contributed by atoms with van der Waals surface area (Å²) in [4.78, 5) is 23.0. The van der Waals surface area contributed by atoms with E-state index in [2.05, 4.69) is 15.7 Å². The largest absolute Gasteiger partial charge is 0.397 e. The fourth-order valence-corrected chi connectivity index (χ4v) is 1.78. The predicted octanol–water partition coefficient (Wildman–Crippen LogP) is 0.320. The SMILES string of the molecule is CNC(=O)CCNC(=O)c1ccn(-c2ccccc2N)n1. The number of nitrogens with zero attached hydrogens (tertiary/aromatic N) is 2. The lowest BCUT2D eigenvalue weighted by Crippen LogP contribution is -2.29. The Balaban J connectivity index is 2.01. The number of nitrogens with two attached hydrogens (primary N) is 1. The summed E-state index contributed by atoms with van der Waals surface area (Å²) >= 11 is 0. The van der Waals surface area contributed by atoms with E-state index >= 15 is 0 Å². The smallest absolute Gasteiger partial charge is 0.271 e. The van der Waals surface area contributed by atoms with Gasteiger partial charge in [-0.3, -0.25) is 9.59 Å². The van der Waals surface area contributed by atoms with E-state index in [0.717, 1.165) is 0 Å². The van der Waals surface area contributed by atoms with Gasteiger partial charge in [0.25, 0.3) is 5.91 Å². The van der Waals surface area contributed by atoms with Crippen LogP contribution in [-0.4, -0.2) is 35.2 Å². The number of anilines is 1. The van der Waals surface area contributed by atoms with Crippen LogP contribution in [0.1, 0.15) is 16.9 Å². The lowest BCUT2D eigenvalue weighted by atomic mass is 10.3. The van der Waals surface area contributed by atoms with Crippen LogP contribution in [0.15, 0.2) is 36.5 Å².